The minimum absolute atomic E-state index is 0.394. The second kappa shape index (κ2) is 8.68. The maximum atomic E-state index is 9.46. The molecular weight excluding hydrogens is 362 g/mol. The number of aliphatic hydroxyl groups excluding tert-OH is 1. The zero-order valence-electron chi connectivity index (χ0n) is 14.9. The van der Waals surface area contributed by atoms with Crippen molar-refractivity contribution in [2.75, 3.05) is 19.0 Å². The second-order valence-corrected chi connectivity index (χ2v) is 6.79. The number of nitrogens with zero attached hydrogens (tertiary/aromatic N) is 3. The third-order valence-electron chi connectivity index (χ3n) is 3.76. The summed E-state index contributed by atoms with van der Waals surface area (Å²) in [5.41, 5.74) is 2.54. The number of aromatic nitrogens is 2. The van der Waals surface area contributed by atoms with Crippen molar-refractivity contribution in [3.63, 3.8) is 0 Å². The van der Waals surface area contributed by atoms with Crippen molar-refractivity contribution < 1.29 is 9.84 Å². The summed E-state index contributed by atoms with van der Waals surface area (Å²) in [6, 6.07) is 11.7. The Balaban J connectivity index is 1.87. The number of methoxy groups -OCH3 is 1. The van der Waals surface area contributed by atoms with Crippen molar-refractivity contribution in [1.82, 2.24) is 14.7 Å². The van der Waals surface area contributed by atoms with E-state index in [0.29, 0.717) is 29.2 Å². The van der Waals surface area contributed by atoms with Gasteiger partial charge >= 0.3 is 0 Å². The third-order valence-corrected chi connectivity index (χ3v) is 4.58. The van der Waals surface area contributed by atoms with Gasteiger partial charge in [-0.05, 0) is 49.2 Å². The lowest BCUT2D eigenvalue weighted by atomic mass is 10.1. The first-order valence-electron chi connectivity index (χ1n) is 8.29. The lowest BCUT2D eigenvalue weighted by Gasteiger charge is -2.13. The predicted octanol–water partition coefficient (Wildman–Crippen LogP) is 3.23. The van der Waals surface area contributed by atoms with Gasteiger partial charge in [0.25, 0.3) is 0 Å². The summed E-state index contributed by atoms with van der Waals surface area (Å²) in [6.07, 6.45) is 2.75. The summed E-state index contributed by atoms with van der Waals surface area (Å²) < 4.78 is 8.36. The van der Waals surface area contributed by atoms with Crippen LogP contribution in [-0.2, 0) is 0 Å². The molecule has 138 valence electrons. The molecule has 0 spiro atoms. The van der Waals surface area contributed by atoms with E-state index >= 15 is 0 Å². The molecule has 0 aliphatic heterocycles. The first-order chi connectivity index (χ1) is 13.1. The number of hydrogen-bond donors (Lipinski definition) is 3. The van der Waals surface area contributed by atoms with Crippen molar-refractivity contribution >= 4 is 34.2 Å². The number of benzene rings is 1. The Labute approximate surface area is 161 Å². The van der Waals surface area contributed by atoms with Gasteiger partial charge in [-0.2, -0.15) is 5.26 Å². The second-order valence-electron chi connectivity index (χ2n) is 5.82. The number of anilines is 2. The van der Waals surface area contributed by atoms with Crippen LogP contribution in [0.3, 0.4) is 0 Å². The molecule has 0 aliphatic carbocycles. The summed E-state index contributed by atoms with van der Waals surface area (Å²) >= 11 is 1.45. The molecule has 27 heavy (non-hydrogen) atoms. The molecule has 8 heteroatoms. The Hall–Kier alpha value is -2.86. The maximum absolute atomic E-state index is 9.46. The Kier molecular flexibility index (Phi) is 6.08. The molecule has 2 aromatic heterocycles. The minimum Gasteiger partial charge on any atom is -0.479 e. The van der Waals surface area contributed by atoms with E-state index in [4.69, 9.17) is 4.74 Å². The van der Waals surface area contributed by atoms with E-state index in [-0.39, 0.29) is 0 Å². The number of ether oxygens (including phenoxy) is 1. The van der Waals surface area contributed by atoms with Gasteiger partial charge in [0.2, 0.25) is 5.88 Å². The van der Waals surface area contributed by atoms with Gasteiger partial charge < -0.3 is 15.2 Å². The van der Waals surface area contributed by atoms with Crippen LogP contribution < -0.4 is 14.8 Å². The molecule has 1 unspecified atom stereocenters. The minimum atomic E-state index is -0.394. The van der Waals surface area contributed by atoms with E-state index in [9.17, 15) is 10.4 Å². The third kappa shape index (κ3) is 4.46. The average Bonchev–Trinajstić information content (AvgIpc) is 2.68. The fraction of sp³-hybridized carbons (Fsp3) is 0.211. The molecule has 3 N–H and O–H groups in total. The number of hydrogen-bond acceptors (Lipinski definition) is 8. The highest BCUT2D eigenvalue weighted by Crippen LogP contribution is 2.32. The highest BCUT2D eigenvalue weighted by atomic mass is 32.2. The number of pyridine rings is 2. The van der Waals surface area contributed by atoms with Crippen LogP contribution in [0.15, 0.2) is 47.6 Å². The molecule has 1 atom stereocenters. The molecule has 3 rings (SSSR count). The van der Waals surface area contributed by atoms with Crippen molar-refractivity contribution in [3.8, 4) is 11.9 Å². The SMILES string of the molecule is COc1nccc2c(Nc3ccc(SNCC(C)O)cc3)c(C#N)cnc12. The molecule has 2 heterocycles. The number of rotatable bonds is 7. The van der Waals surface area contributed by atoms with E-state index in [1.807, 2.05) is 24.3 Å². The zero-order valence-corrected chi connectivity index (χ0v) is 15.7. The fourth-order valence-electron chi connectivity index (χ4n) is 2.47. The van der Waals surface area contributed by atoms with Crippen molar-refractivity contribution in [2.24, 2.45) is 0 Å². The molecule has 0 amide bonds. The summed E-state index contributed by atoms with van der Waals surface area (Å²) in [6.45, 7) is 2.24. The summed E-state index contributed by atoms with van der Waals surface area (Å²) in [7, 11) is 1.54. The van der Waals surface area contributed by atoms with Crippen LogP contribution >= 0.6 is 11.9 Å². The number of nitriles is 1. The highest BCUT2D eigenvalue weighted by Gasteiger charge is 2.13. The van der Waals surface area contributed by atoms with Crippen LogP contribution in [-0.4, -0.2) is 34.8 Å². The smallest absolute Gasteiger partial charge is 0.240 e. The standard InChI is InChI=1S/C19H19N5O2S/c1-12(25)10-23-27-15-5-3-14(4-6-15)24-17-13(9-20)11-22-18-16(17)7-8-21-19(18)26-2/h3-8,11-12,23,25H,10H2,1-2H3,(H,22,24). The van der Waals surface area contributed by atoms with Crippen LogP contribution in [0.1, 0.15) is 12.5 Å². The van der Waals surface area contributed by atoms with Gasteiger partial charge in [-0.1, -0.05) is 0 Å². The largest absolute Gasteiger partial charge is 0.479 e. The van der Waals surface area contributed by atoms with Crippen LogP contribution in [0.4, 0.5) is 11.4 Å². The Morgan fingerprint density at radius 2 is 2.04 bits per heavy atom. The van der Waals surface area contributed by atoms with Gasteiger partial charge in [0.1, 0.15) is 11.6 Å². The molecule has 0 aliphatic rings. The Morgan fingerprint density at radius 1 is 1.26 bits per heavy atom. The first-order valence-corrected chi connectivity index (χ1v) is 9.10. The van der Waals surface area contributed by atoms with E-state index in [2.05, 4.69) is 26.1 Å². The zero-order chi connectivity index (χ0) is 19.2. The Morgan fingerprint density at radius 3 is 2.70 bits per heavy atom. The molecule has 3 aromatic rings. The van der Waals surface area contributed by atoms with Gasteiger partial charge in [0.15, 0.2) is 0 Å². The number of aliphatic hydroxyl groups is 1. The van der Waals surface area contributed by atoms with E-state index in [1.165, 1.54) is 25.3 Å². The van der Waals surface area contributed by atoms with Gasteiger partial charge in [-0.25, -0.2) is 9.97 Å². The van der Waals surface area contributed by atoms with E-state index < -0.39 is 6.10 Å². The van der Waals surface area contributed by atoms with Crippen LogP contribution in [0, 0.1) is 11.3 Å². The average molecular weight is 381 g/mol. The van der Waals surface area contributed by atoms with Gasteiger partial charge in [0, 0.05) is 34.9 Å². The Bertz CT molecular complexity index is 970. The maximum Gasteiger partial charge on any atom is 0.240 e. The van der Waals surface area contributed by atoms with Crippen LogP contribution in [0.2, 0.25) is 0 Å². The highest BCUT2D eigenvalue weighted by molar-refractivity contribution is 7.97. The monoisotopic (exact) mass is 381 g/mol. The first kappa shape index (κ1) is 18.9. The number of nitrogens with one attached hydrogen (secondary N) is 2. The molecule has 0 saturated carbocycles. The molecule has 0 bridgehead atoms. The van der Waals surface area contributed by atoms with Gasteiger partial charge in [-0.15, -0.1) is 0 Å². The van der Waals surface area contributed by atoms with Crippen molar-refractivity contribution in [2.45, 2.75) is 17.9 Å². The number of fused-ring (bicyclic) bond motifs is 1. The van der Waals surface area contributed by atoms with E-state index in [1.54, 1.807) is 19.2 Å². The lowest BCUT2D eigenvalue weighted by Crippen LogP contribution is -2.18. The molecular formula is C19H19N5O2S. The van der Waals surface area contributed by atoms with Crippen LogP contribution in [0.5, 0.6) is 5.88 Å². The van der Waals surface area contributed by atoms with Crippen LogP contribution in [0.25, 0.3) is 10.9 Å². The molecule has 1 aromatic carbocycles. The summed E-state index contributed by atoms with van der Waals surface area (Å²) in [5.74, 6) is 0.413. The molecule has 0 fully saturated rings. The topological polar surface area (TPSA) is 103 Å². The van der Waals surface area contributed by atoms with Gasteiger partial charge in [0.05, 0.1) is 24.5 Å². The predicted molar refractivity (Wildman–Crippen MR) is 106 cm³/mol. The quantitative estimate of drug-likeness (QED) is 0.536. The van der Waals surface area contributed by atoms with Gasteiger partial charge in [-0.3, -0.25) is 4.72 Å². The van der Waals surface area contributed by atoms with Crippen molar-refractivity contribution in [1.29, 1.82) is 5.26 Å². The van der Waals surface area contributed by atoms with Crippen molar-refractivity contribution in [3.05, 3.63) is 48.3 Å². The molecule has 7 nitrogen and oxygen atoms in total. The molecule has 0 saturated heterocycles. The summed E-state index contributed by atoms with van der Waals surface area (Å²) in [5, 5.41) is 22.8. The fourth-order valence-corrected chi connectivity index (χ4v) is 3.23. The molecule has 0 radical (unpaired) electrons. The lowest BCUT2D eigenvalue weighted by molar-refractivity contribution is 0.200. The normalized spacial score (nSPS) is 11.8. The van der Waals surface area contributed by atoms with E-state index in [0.717, 1.165) is 16.0 Å². The summed E-state index contributed by atoms with van der Waals surface area (Å²) in [4.78, 5) is 9.48.